The van der Waals surface area contributed by atoms with Crippen LogP contribution in [-0.4, -0.2) is 27.5 Å². The van der Waals surface area contributed by atoms with Gasteiger partial charge in [-0.25, -0.2) is 14.8 Å². The number of nitrogens with one attached hydrogen (secondary N) is 1. The minimum Gasteiger partial charge on any atom is -0.461 e. The van der Waals surface area contributed by atoms with Gasteiger partial charge in [0.05, 0.1) is 18.8 Å². The van der Waals surface area contributed by atoms with E-state index in [-0.39, 0.29) is 5.69 Å². The highest BCUT2D eigenvalue weighted by atomic mass is 16.5. The van der Waals surface area contributed by atoms with Crippen molar-refractivity contribution in [2.24, 2.45) is 0 Å². The zero-order valence-electron chi connectivity index (χ0n) is 10.5. The van der Waals surface area contributed by atoms with Gasteiger partial charge in [0.25, 0.3) is 0 Å². The molecular weight excluding hydrogens is 244 g/mol. The van der Waals surface area contributed by atoms with Crippen LogP contribution in [0.1, 0.15) is 23.1 Å². The average Bonchev–Trinajstić information content (AvgIpc) is 2.47. The largest absolute Gasteiger partial charge is 0.461 e. The second-order valence-corrected chi connectivity index (χ2v) is 3.66. The van der Waals surface area contributed by atoms with E-state index < -0.39 is 5.97 Å². The van der Waals surface area contributed by atoms with Crippen molar-refractivity contribution in [3.63, 3.8) is 0 Å². The van der Waals surface area contributed by atoms with E-state index in [0.717, 1.165) is 5.69 Å². The Hall–Kier alpha value is -2.50. The summed E-state index contributed by atoms with van der Waals surface area (Å²) in [4.78, 5) is 23.8. The van der Waals surface area contributed by atoms with E-state index in [1.54, 1.807) is 13.1 Å². The molecule has 6 nitrogen and oxygen atoms in total. The van der Waals surface area contributed by atoms with Gasteiger partial charge in [0, 0.05) is 12.4 Å². The summed E-state index contributed by atoms with van der Waals surface area (Å²) in [5, 5.41) is 3.01. The molecule has 0 saturated carbocycles. The van der Waals surface area contributed by atoms with Crippen molar-refractivity contribution >= 4 is 11.9 Å². The molecule has 2 aromatic heterocycles. The van der Waals surface area contributed by atoms with Gasteiger partial charge in [0.2, 0.25) is 5.95 Å². The number of carbonyl (C=O) groups is 1. The minimum atomic E-state index is -0.453. The number of aromatic nitrogens is 3. The lowest BCUT2D eigenvalue weighted by Crippen LogP contribution is -2.10. The van der Waals surface area contributed by atoms with Gasteiger partial charge in [-0.05, 0) is 25.1 Å². The molecule has 98 valence electrons. The number of carbonyl (C=O) groups excluding carboxylic acids is 1. The van der Waals surface area contributed by atoms with Crippen LogP contribution in [0.5, 0.6) is 0 Å². The molecule has 0 bridgehead atoms. The van der Waals surface area contributed by atoms with E-state index >= 15 is 0 Å². The summed E-state index contributed by atoms with van der Waals surface area (Å²) in [6, 6.07) is 7.16. The number of ether oxygens (including phenoxy) is 1. The smallest absolute Gasteiger partial charge is 0.357 e. The molecule has 2 heterocycles. The van der Waals surface area contributed by atoms with E-state index in [1.165, 1.54) is 12.3 Å². The molecule has 0 radical (unpaired) electrons. The highest BCUT2D eigenvalue weighted by Crippen LogP contribution is 2.04. The molecule has 0 aliphatic carbocycles. The van der Waals surface area contributed by atoms with Crippen LogP contribution in [0.3, 0.4) is 0 Å². The van der Waals surface area contributed by atoms with Gasteiger partial charge in [-0.2, -0.15) is 0 Å². The first-order valence-electron chi connectivity index (χ1n) is 5.93. The van der Waals surface area contributed by atoms with Crippen LogP contribution in [0.4, 0.5) is 5.95 Å². The SMILES string of the molecule is CCOC(=O)c1ccnc(NCc2ccccn2)n1. The van der Waals surface area contributed by atoms with Crippen molar-refractivity contribution in [2.45, 2.75) is 13.5 Å². The van der Waals surface area contributed by atoms with E-state index in [4.69, 9.17) is 4.74 Å². The van der Waals surface area contributed by atoms with Gasteiger partial charge in [-0.1, -0.05) is 6.07 Å². The summed E-state index contributed by atoms with van der Waals surface area (Å²) in [5.74, 6) is -0.0815. The highest BCUT2D eigenvalue weighted by molar-refractivity contribution is 5.87. The molecule has 0 atom stereocenters. The Balaban J connectivity index is 2.01. The zero-order chi connectivity index (χ0) is 13.5. The standard InChI is InChI=1S/C13H14N4O2/c1-2-19-12(18)11-6-8-15-13(17-11)16-9-10-5-3-4-7-14-10/h3-8H,2,9H2,1H3,(H,15,16,17). The molecule has 0 fully saturated rings. The van der Waals surface area contributed by atoms with Crippen molar-refractivity contribution in [3.05, 3.63) is 48.0 Å². The molecule has 0 aliphatic rings. The molecule has 19 heavy (non-hydrogen) atoms. The van der Waals surface area contributed by atoms with Crippen molar-refractivity contribution in [2.75, 3.05) is 11.9 Å². The van der Waals surface area contributed by atoms with Crippen molar-refractivity contribution in [1.29, 1.82) is 0 Å². The van der Waals surface area contributed by atoms with Gasteiger partial charge in [-0.15, -0.1) is 0 Å². The first-order valence-corrected chi connectivity index (χ1v) is 5.93. The van der Waals surface area contributed by atoms with Crippen LogP contribution in [0.15, 0.2) is 36.7 Å². The first-order chi connectivity index (χ1) is 9.29. The van der Waals surface area contributed by atoms with Crippen LogP contribution in [0.25, 0.3) is 0 Å². The number of nitrogens with zero attached hydrogens (tertiary/aromatic N) is 3. The lowest BCUT2D eigenvalue weighted by atomic mass is 10.3. The van der Waals surface area contributed by atoms with Crippen molar-refractivity contribution in [3.8, 4) is 0 Å². The Morgan fingerprint density at radius 3 is 2.89 bits per heavy atom. The minimum absolute atomic E-state index is 0.236. The second-order valence-electron chi connectivity index (χ2n) is 3.66. The van der Waals surface area contributed by atoms with Crippen LogP contribution >= 0.6 is 0 Å². The summed E-state index contributed by atoms with van der Waals surface area (Å²) in [7, 11) is 0. The summed E-state index contributed by atoms with van der Waals surface area (Å²) < 4.78 is 4.88. The van der Waals surface area contributed by atoms with Crippen LogP contribution in [-0.2, 0) is 11.3 Å². The average molecular weight is 258 g/mol. The maximum atomic E-state index is 11.5. The Labute approximate surface area is 110 Å². The molecular formula is C13H14N4O2. The Kier molecular flexibility index (Phi) is 4.39. The predicted octanol–water partition coefficient (Wildman–Crippen LogP) is 1.66. The third kappa shape index (κ3) is 3.74. The Bertz CT molecular complexity index is 545. The van der Waals surface area contributed by atoms with Crippen LogP contribution < -0.4 is 5.32 Å². The van der Waals surface area contributed by atoms with Gasteiger partial charge in [-0.3, -0.25) is 4.98 Å². The third-order valence-electron chi connectivity index (χ3n) is 2.29. The number of pyridine rings is 1. The molecule has 0 aliphatic heterocycles. The predicted molar refractivity (Wildman–Crippen MR) is 69.6 cm³/mol. The topological polar surface area (TPSA) is 77.0 Å². The maximum absolute atomic E-state index is 11.5. The summed E-state index contributed by atoms with van der Waals surface area (Å²) in [6.07, 6.45) is 3.23. The van der Waals surface area contributed by atoms with Gasteiger partial charge < -0.3 is 10.1 Å². The van der Waals surface area contributed by atoms with Gasteiger partial charge in [0.1, 0.15) is 0 Å². The lowest BCUT2D eigenvalue weighted by Gasteiger charge is -2.05. The molecule has 2 aromatic rings. The summed E-state index contributed by atoms with van der Waals surface area (Å²) in [5.41, 5.74) is 1.10. The van der Waals surface area contributed by atoms with E-state index in [2.05, 4.69) is 20.3 Å². The van der Waals surface area contributed by atoms with Gasteiger partial charge >= 0.3 is 5.97 Å². The number of esters is 1. The fraction of sp³-hybridized carbons (Fsp3) is 0.231. The van der Waals surface area contributed by atoms with Crippen LogP contribution in [0, 0.1) is 0 Å². The maximum Gasteiger partial charge on any atom is 0.357 e. The number of hydrogen-bond donors (Lipinski definition) is 1. The molecule has 1 N–H and O–H groups in total. The molecule has 0 spiro atoms. The third-order valence-corrected chi connectivity index (χ3v) is 2.29. The number of anilines is 1. The van der Waals surface area contributed by atoms with Gasteiger partial charge in [0.15, 0.2) is 5.69 Å². The molecule has 6 heteroatoms. The summed E-state index contributed by atoms with van der Waals surface area (Å²) >= 11 is 0. The van der Waals surface area contributed by atoms with Crippen LogP contribution in [0.2, 0.25) is 0 Å². The lowest BCUT2D eigenvalue weighted by molar-refractivity contribution is 0.0519. The molecule has 2 rings (SSSR count). The molecule has 0 unspecified atom stereocenters. The Morgan fingerprint density at radius 2 is 2.16 bits per heavy atom. The molecule has 0 amide bonds. The quantitative estimate of drug-likeness (QED) is 0.822. The summed E-state index contributed by atoms with van der Waals surface area (Å²) in [6.45, 7) is 2.56. The van der Waals surface area contributed by atoms with E-state index in [0.29, 0.717) is 19.1 Å². The Morgan fingerprint density at radius 1 is 1.26 bits per heavy atom. The fourth-order valence-corrected chi connectivity index (χ4v) is 1.43. The number of hydrogen-bond acceptors (Lipinski definition) is 6. The van der Waals surface area contributed by atoms with E-state index in [9.17, 15) is 4.79 Å². The zero-order valence-corrected chi connectivity index (χ0v) is 10.5. The van der Waals surface area contributed by atoms with Crippen molar-refractivity contribution < 1.29 is 9.53 Å². The fourth-order valence-electron chi connectivity index (χ4n) is 1.43. The molecule has 0 saturated heterocycles. The monoisotopic (exact) mass is 258 g/mol. The normalized spacial score (nSPS) is 9.95. The highest BCUT2D eigenvalue weighted by Gasteiger charge is 2.09. The van der Waals surface area contributed by atoms with E-state index in [1.807, 2.05) is 18.2 Å². The molecule has 0 aromatic carbocycles. The second kappa shape index (κ2) is 6.44. The van der Waals surface area contributed by atoms with Crippen molar-refractivity contribution in [1.82, 2.24) is 15.0 Å². The number of rotatable bonds is 5. The first kappa shape index (κ1) is 12.9.